The quantitative estimate of drug-likeness (QED) is 0.311. The number of hydrogen-bond donors (Lipinski definition) is 2. The normalized spacial score (nSPS) is 13.7. The Morgan fingerprint density at radius 2 is 1.91 bits per heavy atom. The van der Waals surface area contributed by atoms with E-state index in [1.165, 1.54) is 25.9 Å². The number of fused-ring (bicyclic) bond motifs is 1. The fourth-order valence-electron chi connectivity index (χ4n) is 4.31. The SMILES string of the molecule is COc1ccc(Nc2nccc(NCc3cccc4ccnn34)n2)cc1OCCCN1CCCC1. The van der Waals surface area contributed by atoms with Crippen molar-refractivity contribution in [3.63, 3.8) is 0 Å². The fraction of sp³-hybridized carbons (Fsp3) is 0.346. The molecule has 182 valence electrons. The molecule has 1 aliphatic rings. The number of nitrogens with zero attached hydrogens (tertiary/aromatic N) is 5. The lowest BCUT2D eigenvalue weighted by molar-refractivity contribution is 0.254. The first-order valence-electron chi connectivity index (χ1n) is 12.1. The van der Waals surface area contributed by atoms with Gasteiger partial charge < -0.3 is 25.0 Å². The number of rotatable bonds is 11. The van der Waals surface area contributed by atoms with Crippen LogP contribution in [0.15, 0.2) is 60.9 Å². The predicted molar refractivity (Wildman–Crippen MR) is 137 cm³/mol. The van der Waals surface area contributed by atoms with Crippen molar-refractivity contribution in [2.75, 3.05) is 44.0 Å². The summed E-state index contributed by atoms with van der Waals surface area (Å²) in [7, 11) is 1.65. The van der Waals surface area contributed by atoms with Crippen molar-refractivity contribution in [1.29, 1.82) is 0 Å². The van der Waals surface area contributed by atoms with Crippen molar-refractivity contribution in [2.24, 2.45) is 0 Å². The van der Waals surface area contributed by atoms with E-state index in [-0.39, 0.29) is 0 Å². The van der Waals surface area contributed by atoms with Crippen LogP contribution in [0.25, 0.3) is 5.52 Å². The molecule has 0 bridgehead atoms. The van der Waals surface area contributed by atoms with E-state index in [4.69, 9.17) is 9.47 Å². The zero-order chi connectivity index (χ0) is 23.9. The van der Waals surface area contributed by atoms with E-state index in [2.05, 4.69) is 30.6 Å². The Morgan fingerprint density at radius 3 is 2.80 bits per heavy atom. The molecule has 0 amide bonds. The molecule has 9 nitrogen and oxygen atoms in total. The Morgan fingerprint density at radius 1 is 1.00 bits per heavy atom. The predicted octanol–water partition coefficient (Wildman–Crippen LogP) is 4.35. The molecular weight excluding hydrogens is 442 g/mol. The second kappa shape index (κ2) is 11.1. The maximum atomic E-state index is 6.05. The van der Waals surface area contributed by atoms with E-state index >= 15 is 0 Å². The van der Waals surface area contributed by atoms with Gasteiger partial charge in [0, 0.05) is 30.7 Å². The minimum atomic E-state index is 0.498. The number of nitrogens with one attached hydrogen (secondary N) is 2. The van der Waals surface area contributed by atoms with Crippen LogP contribution in [-0.4, -0.2) is 57.8 Å². The number of anilines is 3. The zero-order valence-electron chi connectivity index (χ0n) is 20.0. The molecule has 9 heteroatoms. The van der Waals surface area contributed by atoms with Crippen LogP contribution in [0, 0.1) is 0 Å². The summed E-state index contributed by atoms with van der Waals surface area (Å²) in [5, 5.41) is 11.0. The summed E-state index contributed by atoms with van der Waals surface area (Å²) in [5.74, 6) is 2.64. The van der Waals surface area contributed by atoms with Gasteiger partial charge in [-0.1, -0.05) is 6.07 Å². The van der Waals surface area contributed by atoms with Gasteiger partial charge in [0.05, 0.1) is 31.5 Å². The lowest BCUT2D eigenvalue weighted by Gasteiger charge is -2.16. The number of ether oxygens (including phenoxy) is 2. The molecule has 2 N–H and O–H groups in total. The topological polar surface area (TPSA) is 88.8 Å². The molecule has 0 saturated carbocycles. The number of hydrogen-bond acceptors (Lipinski definition) is 8. The third kappa shape index (κ3) is 5.81. The average molecular weight is 474 g/mol. The largest absolute Gasteiger partial charge is 0.493 e. The Kier molecular flexibility index (Phi) is 7.24. The molecule has 4 aromatic rings. The maximum Gasteiger partial charge on any atom is 0.229 e. The standard InChI is InChI=1S/C26H31N7O2/c1-34-23-9-8-20(18-24(23)35-17-5-16-32-14-2-3-15-32)30-26-27-12-11-25(31-26)28-19-22-7-4-6-21-10-13-29-33(21)22/h4,6-13,18H,2-3,5,14-17,19H2,1H3,(H2,27,28,30,31). The second-order valence-electron chi connectivity index (χ2n) is 8.55. The van der Waals surface area contributed by atoms with Crippen molar-refractivity contribution in [1.82, 2.24) is 24.5 Å². The lowest BCUT2D eigenvalue weighted by Crippen LogP contribution is -2.21. The minimum Gasteiger partial charge on any atom is -0.493 e. The summed E-state index contributed by atoms with van der Waals surface area (Å²) in [6.45, 7) is 4.72. The van der Waals surface area contributed by atoms with Crippen LogP contribution in [0.1, 0.15) is 25.0 Å². The van der Waals surface area contributed by atoms with Crippen molar-refractivity contribution in [2.45, 2.75) is 25.8 Å². The molecule has 0 spiro atoms. The molecule has 35 heavy (non-hydrogen) atoms. The number of pyridine rings is 1. The summed E-state index contributed by atoms with van der Waals surface area (Å²) in [4.78, 5) is 11.5. The summed E-state index contributed by atoms with van der Waals surface area (Å²) in [5.41, 5.74) is 2.93. The van der Waals surface area contributed by atoms with Gasteiger partial charge in [0.2, 0.25) is 5.95 Å². The molecule has 0 radical (unpaired) electrons. The molecular formula is C26H31N7O2. The van der Waals surface area contributed by atoms with Gasteiger partial charge in [-0.05, 0) is 68.8 Å². The van der Waals surface area contributed by atoms with Crippen LogP contribution >= 0.6 is 0 Å². The molecule has 3 aromatic heterocycles. The van der Waals surface area contributed by atoms with Crippen molar-refractivity contribution >= 4 is 23.0 Å². The maximum absolute atomic E-state index is 6.05. The molecule has 1 fully saturated rings. The number of benzene rings is 1. The van der Waals surface area contributed by atoms with Crippen molar-refractivity contribution in [3.8, 4) is 11.5 Å². The van der Waals surface area contributed by atoms with Crippen LogP contribution in [-0.2, 0) is 6.54 Å². The van der Waals surface area contributed by atoms with Gasteiger partial charge in [-0.2, -0.15) is 10.1 Å². The fourth-order valence-corrected chi connectivity index (χ4v) is 4.31. The molecule has 5 rings (SSSR count). The van der Waals surface area contributed by atoms with E-state index in [1.54, 1.807) is 19.5 Å². The first-order chi connectivity index (χ1) is 17.3. The Hall–Kier alpha value is -3.85. The monoisotopic (exact) mass is 473 g/mol. The Bertz CT molecular complexity index is 1250. The van der Waals surface area contributed by atoms with Crippen LogP contribution in [0.5, 0.6) is 11.5 Å². The number of likely N-dealkylation sites (tertiary alicyclic amines) is 1. The highest BCUT2D eigenvalue weighted by Crippen LogP contribution is 2.31. The van der Waals surface area contributed by atoms with Crippen molar-refractivity contribution < 1.29 is 9.47 Å². The number of methoxy groups -OCH3 is 1. The third-order valence-electron chi connectivity index (χ3n) is 6.10. The van der Waals surface area contributed by atoms with Crippen molar-refractivity contribution in [3.05, 3.63) is 66.6 Å². The first kappa shape index (κ1) is 22.9. The smallest absolute Gasteiger partial charge is 0.229 e. The minimum absolute atomic E-state index is 0.498. The molecule has 1 aromatic carbocycles. The molecule has 1 aliphatic heterocycles. The van der Waals surface area contributed by atoms with E-state index < -0.39 is 0 Å². The highest BCUT2D eigenvalue weighted by molar-refractivity contribution is 5.60. The molecule has 1 saturated heterocycles. The van der Waals surface area contributed by atoms with Gasteiger partial charge in [-0.3, -0.25) is 0 Å². The zero-order valence-corrected chi connectivity index (χ0v) is 20.0. The second-order valence-corrected chi connectivity index (χ2v) is 8.55. The summed E-state index contributed by atoms with van der Waals surface area (Å²) in [6.07, 6.45) is 7.13. The lowest BCUT2D eigenvalue weighted by atomic mass is 10.2. The summed E-state index contributed by atoms with van der Waals surface area (Å²) < 4.78 is 13.5. The van der Waals surface area contributed by atoms with Gasteiger partial charge in [0.25, 0.3) is 0 Å². The molecule has 4 heterocycles. The Labute approximate surface area is 205 Å². The van der Waals surface area contributed by atoms with Crippen LogP contribution < -0.4 is 20.1 Å². The summed E-state index contributed by atoms with van der Waals surface area (Å²) in [6, 6.07) is 15.7. The van der Waals surface area contributed by atoms with Gasteiger partial charge in [-0.15, -0.1) is 0 Å². The van der Waals surface area contributed by atoms with E-state index in [9.17, 15) is 0 Å². The highest BCUT2D eigenvalue weighted by atomic mass is 16.5. The van der Waals surface area contributed by atoms with Crippen LogP contribution in [0.2, 0.25) is 0 Å². The summed E-state index contributed by atoms with van der Waals surface area (Å²) >= 11 is 0. The van der Waals surface area contributed by atoms with Gasteiger partial charge >= 0.3 is 0 Å². The highest BCUT2D eigenvalue weighted by Gasteiger charge is 2.12. The van der Waals surface area contributed by atoms with Gasteiger partial charge in [0.15, 0.2) is 11.5 Å². The molecule has 0 atom stereocenters. The molecule has 0 aliphatic carbocycles. The van der Waals surface area contributed by atoms with E-state index in [0.29, 0.717) is 30.6 Å². The third-order valence-corrected chi connectivity index (χ3v) is 6.10. The average Bonchev–Trinajstić information content (AvgIpc) is 3.58. The van der Waals surface area contributed by atoms with Crippen LogP contribution in [0.4, 0.5) is 17.5 Å². The number of aromatic nitrogens is 4. The van der Waals surface area contributed by atoms with Crippen LogP contribution in [0.3, 0.4) is 0 Å². The Balaban J connectivity index is 1.20. The van der Waals surface area contributed by atoms with Gasteiger partial charge in [0.1, 0.15) is 5.82 Å². The first-order valence-corrected chi connectivity index (χ1v) is 12.1. The molecule has 0 unspecified atom stereocenters. The van der Waals surface area contributed by atoms with Gasteiger partial charge in [-0.25, -0.2) is 9.50 Å². The van der Waals surface area contributed by atoms with E-state index in [0.717, 1.165) is 35.7 Å². The van der Waals surface area contributed by atoms with E-state index in [1.807, 2.05) is 53.0 Å².